The van der Waals surface area contributed by atoms with Crippen molar-refractivity contribution in [3.8, 4) is 11.1 Å². The number of rotatable bonds is 9. The quantitative estimate of drug-likeness (QED) is 0.300. The molecule has 3 aromatic carbocycles. The summed E-state index contributed by atoms with van der Waals surface area (Å²) in [7, 11) is 0. The number of aliphatic carboxylic acids is 1. The summed E-state index contributed by atoms with van der Waals surface area (Å²) in [5, 5.41) is 15.3. The van der Waals surface area contributed by atoms with E-state index in [2.05, 4.69) is 10.6 Å². The van der Waals surface area contributed by atoms with E-state index in [4.69, 9.17) is 16.7 Å². The second kappa shape index (κ2) is 12.5. The van der Waals surface area contributed by atoms with E-state index in [1.54, 1.807) is 12.1 Å². The number of hydrogen-bond donors (Lipinski definition) is 3. The minimum absolute atomic E-state index is 0.165. The molecule has 1 saturated carbocycles. The first kappa shape index (κ1) is 26.4. The van der Waals surface area contributed by atoms with E-state index in [9.17, 15) is 14.4 Å². The molecule has 4 rings (SSSR count). The van der Waals surface area contributed by atoms with Crippen LogP contribution in [0.15, 0.2) is 72.8 Å². The molecule has 2 amide bonds. The first-order valence-electron chi connectivity index (χ1n) is 12.6. The lowest BCUT2D eigenvalue weighted by atomic mass is 9.77. The maximum absolute atomic E-state index is 12.5. The maximum atomic E-state index is 12.5. The molecule has 37 heavy (non-hydrogen) atoms. The Morgan fingerprint density at radius 1 is 0.865 bits per heavy atom. The maximum Gasteiger partial charge on any atom is 0.303 e. The van der Waals surface area contributed by atoms with Crippen molar-refractivity contribution in [2.75, 3.05) is 11.9 Å². The Labute approximate surface area is 222 Å². The van der Waals surface area contributed by atoms with Gasteiger partial charge in [-0.15, -0.1) is 0 Å². The smallest absolute Gasteiger partial charge is 0.303 e. The number of halogens is 1. The number of hydrogen-bond acceptors (Lipinski definition) is 3. The molecule has 1 fully saturated rings. The van der Waals surface area contributed by atoms with Gasteiger partial charge in [0.05, 0.1) is 0 Å². The Morgan fingerprint density at radius 3 is 2.19 bits per heavy atom. The molecule has 1 aliphatic rings. The Morgan fingerprint density at radius 2 is 1.54 bits per heavy atom. The van der Waals surface area contributed by atoms with Gasteiger partial charge in [0.1, 0.15) is 0 Å². The van der Waals surface area contributed by atoms with Gasteiger partial charge in [0.25, 0.3) is 5.91 Å². The highest BCUT2D eigenvalue weighted by molar-refractivity contribution is 6.33. The SMILES string of the molecule is O=C(O)CC1CCC(c2ccc(NC(=O)CCNC(=O)c3ccc(-c4ccccc4Cl)cc3)cc2)CC1. The van der Waals surface area contributed by atoms with Crippen molar-refractivity contribution in [1.82, 2.24) is 5.32 Å². The summed E-state index contributed by atoms with van der Waals surface area (Å²) < 4.78 is 0. The van der Waals surface area contributed by atoms with Crippen LogP contribution in [0.5, 0.6) is 0 Å². The molecule has 3 aromatic rings. The monoisotopic (exact) mass is 518 g/mol. The van der Waals surface area contributed by atoms with Crippen molar-refractivity contribution in [2.24, 2.45) is 5.92 Å². The number of carbonyl (C=O) groups excluding carboxylic acids is 2. The van der Waals surface area contributed by atoms with Crippen LogP contribution in [0.25, 0.3) is 11.1 Å². The van der Waals surface area contributed by atoms with Crippen molar-refractivity contribution in [2.45, 2.75) is 44.4 Å². The van der Waals surface area contributed by atoms with Crippen molar-refractivity contribution in [3.05, 3.63) is 88.9 Å². The summed E-state index contributed by atoms with van der Waals surface area (Å²) >= 11 is 6.25. The highest BCUT2D eigenvalue weighted by Gasteiger charge is 2.24. The average molecular weight is 519 g/mol. The lowest BCUT2D eigenvalue weighted by Crippen LogP contribution is -2.27. The fourth-order valence-electron chi connectivity index (χ4n) is 4.90. The van der Waals surface area contributed by atoms with Gasteiger partial charge in [-0.3, -0.25) is 14.4 Å². The zero-order chi connectivity index (χ0) is 26.2. The predicted molar refractivity (Wildman–Crippen MR) is 146 cm³/mol. The standard InChI is InChI=1S/C30H31ClN2O4/c31-27-4-2-1-3-26(27)23-9-11-24(12-10-23)30(37)32-18-17-28(34)33-25-15-13-22(14-16-25)21-7-5-20(6-8-21)19-29(35)36/h1-4,9-16,20-21H,5-8,17-19H2,(H,32,37)(H,33,34)(H,35,36). The Kier molecular flexibility index (Phi) is 8.96. The van der Waals surface area contributed by atoms with E-state index in [0.717, 1.165) is 42.5 Å². The fraction of sp³-hybridized carbons (Fsp3) is 0.300. The summed E-state index contributed by atoms with van der Waals surface area (Å²) in [4.78, 5) is 35.7. The first-order valence-corrected chi connectivity index (χ1v) is 13.0. The van der Waals surface area contributed by atoms with Gasteiger partial charge in [-0.2, -0.15) is 0 Å². The zero-order valence-corrected chi connectivity index (χ0v) is 21.3. The number of anilines is 1. The molecule has 3 N–H and O–H groups in total. The number of carboxylic acids is 1. The van der Waals surface area contributed by atoms with Crippen molar-refractivity contribution >= 4 is 35.1 Å². The number of carboxylic acid groups (broad SMARTS) is 1. The minimum atomic E-state index is -0.716. The molecule has 0 atom stereocenters. The van der Waals surface area contributed by atoms with Crippen LogP contribution in [0.3, 0.4) is 0 Å². The third-order valence-electron chi connectivity index (χ3n) is 6.95. The minimum Gasteiger partial charge on any atom is -0.481 e. The second-order valence-electron chi connectivity index (χ2n) is 9.55. The van der Waals surface area contributed by atoms with Crippen molar-refractivity contribution < 1.29 is 19.5 Å². The van der Waals surface area contributed by atoms with Crippen LogP contribution in [0.4, 0.5) is 5.69 Å². The second-order valence-corrected chi connectivity index (χ2v) is 9.96. The molecular formula is C30H31ClN2O4. The van der Waals surface area contributed by atoms with E-state index in [1.165, 1.54) is 5.56 Å². The van der Waals surface area contributed by atoms with Crippen LogP contribution in [-0.4, -0.2) is 29.4 Å². The van der Waals surface area contributed by atoms with Gasteiger partial charge in [-0.05, 0) is 79.0 Å². The Bertz CT molecular complexity index is 1230. The van der Waals surface area contributed by atoms with Crippen LogP contribution < -0.4 is 10.6 Å². The summed E-state index contributed by atoms with van der Waals surface area (Å²) in [6, 6.07) is 22.6. The lowest BCUT2D eigenvalue weighted by Gasteiger charge is -2.28. The van der Waals surface area contributed by atoms with E-state index >= 15 is 0 Å². The van der Waals surface area contributed by atoms with Crippen LogP contribution in [-0.2, 0) is 9.59 Å². The number of amides is 2. The van der Waals surface area contributed by atoms with Gasteiger partial charge in [0.2, 0.25) is 5.91 Å². The highest BCUT2D eigenvalue weighted by atomic mass is 35.5. The van der Waals surface area contributed by atoms with Crippen LogP contribution in [0, 0.1) is 5.92 Å². The zero-order valence-electron chi connectivity index (χ0n) is 20.6. The molecular weight excluding hydrogens is 488 g/mol. The summed E-state index contributed by atoms with van der Waals surface area (Å²) in [5.41, 5.74) is 4.29. The van der Waals surface area contributed by atoms with Gasteiger partial charge in [-0.1, -0.05) is 54.1 Å². The normalized spacial score (nSPS) is 17.1. The van der Waals surface area contributed by atoms with Crippen molar-refractivity contribution in [1.29, 1.82) is 0 Å². The third-order valence-corrected chi connectivity index (χ3v) is 7.28. The molecule has 0 aromatic heterocycles. The largest absolute Gasteiger partial charge is 0.481 e. The van der Waals surface area contributed by atoms with E-state index in [-0.39, 0.29) is 37.1 Å². The average Bonchev–Trinajstić information content (AvgIpc) is 2.90. The highest BCUT2D eigenvalue weighted by Crippen LogP contribution is 2.37. The van der Waals surface area contributed by atoms with Crippen LogP contribution in [0.1, 0.15) is 60.4 Å². The molecule has 0 heterocycles. The molecule has 1 aliphatic carbocycles. The van der Waals surface area contributed by atoms with Gasteiger partial charge in [0.15, 0.2) is 0 Å². The predicted octanol–water partition coefficient (Wildman–Crippen LogP) is 6.51. The Hall–Kier alpha value is -3.64. The molecule has 192 valence electrons. The molecule has 0 spiro atoms. The molecule has 0 aliphatic heterocycles. The Balaban J connectivity index is 1.20. The molecule has 6 nitrogen and oxygen atoms in total. The van der Waals surface area contributed by atoms with Gasteiger partial charge < -0.3 is 15.7 Å². The summed E-state index contributed by atoms with van der Waals surface area (Å²) in [6.07, 6.45) is 4.28. The third kappa shape index (κ3) is 7.43. The molecule has 0 bridgehead atoms. The summed E-state index contributed by atoms with van der Waals surface area (Å²) in [6.45, 7) is 0.231. The first-order chi connectivity index (χ1) is 17.9. The molecule has 0 saturated heterocycles. The van der Waals surface area contributed by atoms with Crippen LogP contribution >= 0.6 is 11.6 Å². The van der Waals surface area contributed by atoms with Gasteiger partial charge >= 0.3 is 5.97 Å². The lowest BCUT2D eigenvalue weighted by molar-refractivity contribution is -0.138. The van der Waals surface area contributed by atoms with Gasteiger partial charge in [0, 0.05) is 41.2 Å². The number of carbonyl (C=O) groups is 3. The van der Waals surface area contributed by atoms with Crippen LogP contribution in [0.2, 0.25) is 5.02 Å². The number of benzene rings is 3. The molecule has 7 heteroatoms. The van der Waals surface area contributed by atoms with Gasteiger partial charge in [-0.25, -0.2) is 0 Å². The van der Waals surface area contributed by atoms with E-state index in [0.29, 0.717) is 16.5 Å². The number of nitrogens with one attached hydrogen (secondary N) is 2. The molecule has 0 unspecified atom stereocenters. The topological polar surface area (TPSA) is 95.5 Å². The van der Waals surface area contributed by atoms with Crippen molar-refractivity contribution in [3.63, 3.8) is 0 Å². The fourth-order valence-corrected chi connectivity index (χ4v) is 5.14. The van der Waals surface area contributed by atoms with E-state index < -0.39 is 5.97 Å². The molecule has 0 radical (unpaired) electrons. The van der Waals surface area contributed by atoms with E-state index in [1.807, 2.05) is 60.7 Å². The summed E-state index contributed by atoms with van der Waals surface area (Å²) in [5.74, 6) is -0.409.